The highest BCUT2D eigenvalue weighted by Gasteiger charge is 2.36. The summed E-state index contributed by atoms with van der Waals surface area (Å²) in [4.78, 5) is 18.5. The van der Waals surface area contributed by atoms with Crippen molar-refractivity contribution in [3.63, 3.8) is 0 Å². The van der Waals surface area contributed by atoms with Crippen molar-refractivity contribution >= 4 is 12.1 Å². The van der Waals surface area contributed by atoms with Crippen LogP contribution in [-0.2, 0) is 9.47 Å². The first-order chi connectivity index (χ1) is 13.3. The van der Waals surface area contributed by atoms with E-state index in [2.05, 4.69) is 15.6 Å². The van der Waals surface area contributed by atoms with Crippen molar-refractivity contribution in [2.24, 2.45) is 16.3 Å². The fourth-order valence-corrected chi connectivity index (χ4v) is 3.97. The molecule has 2 aliphatic rings. The fraction of sp³-hybridized carbons (Fsp3) is 0.905. The molecule has 162 valence electrons. The van der Waals surface area contributed by atoms with Crippen molar-refractivity contribution in [2.75, 3.05) is 46.9 Å². The third-order valence-corrected chi connectivity index (χ3v) is 5.83. The maximum atomic E-state index is 12.3. The van der Waals surface area contributed by atoms with Crippen LogP contribution in [0.1, 0.15) is 59.3 Å². The Labute approximate surface area is 170 Å². The van der Waals surface area contributed by atoms with Crippen LogP contribution in [0.4, 0.5) is 4.79 Å². The lowest BCUT2D eigenvalue weighted by Gasteiger charge is -2.42. The first-order valence-electron chi connectivity index (χ1n) is 10.7. The summed E-state index contributed by atoms with van der Waals surface area (Å²) in [6, 6.07) is 0. The summed E-state index contributed by atoms with van der Waals surface area (Å²) in [5, 5.41) is 6.96. The van der Waals surface area contributed by atoms with E-state index < -0.39 is 5.60 Å². The predicted molar refractivity (Wildman–Crippen MR) is 113 cm³/mol. The number of amides is 1. The second-order valence-corrected chi connectivity index (χ2v) is 9.34. The van der Waals surface area contributed by atoms with Crippen LogP contribution in [0.15, 0.2) is 4.99 Å². The van der Waals surface area contributed by atoms with Crippen LogP contribution in [0.2, 0.25) is 0 Å². The number of nitrogens with zero attached hydrogens (tertiary/aromatic N) is 2. The number of likely N-dealkylation sites (tertiary alicyclic amines) is 1. The molecule has 1 aliphatic carbocycles. The van der Waals surface area contributed by atoms with Gasteiger partial charge in [-0.1, -0.05) is 6.42 Å². The largest absolute Gasteiger partial charge is 0.444 e. The molecule has 2 rings (SSSR count). The van der Waals surface area contributed by atoms with Gasteiger partial charge in [0.25, 0.3) is 0 Å². The second kappa shape index (κ2) is 10.3. The first-order valence-corrected chi connectivity index (χ1v) is 10.7. The molecule has 1 atom stereocenters. The minimum absolute atomic E-state index is 0.204. The lowest BCUT2D eigenvalue weighted by atomic mass is 9.67. The molecule has 0 aromatic heterocycles. The maximum Gasteiger partial charge on any atom is 0.410 e. The summed E-state index contributed by atoms with van der Waals surface area (Å²) < 4.78 is 10.8. The predicted octanol–water partition coefficient (Wildman–Crippen LogP) is 3.01. The van der Waals surface area contributed by atoms with Gasteiger partial charge >= 0.3 is 6.09 Å². The highest BCUT2D eigenvalue weighted by atomic mass is 16.6. The Morgan fingerprint density at radius 1 is 1.25 bits per heavy atom. The van der Waals surface area contributed by atoms with Gasteiger partial charge in [-0.2, -0.15) is 0 Å². The van der Waals surface area contributed by atoms with E-state index in [9.17, 15) is 4.79 Å². The van der Waals surface area contributed by atoms with Gasteiger partial charge in [-0.3, -0.25) is 4.99 Å². The Morgan fingerprint density at radius 2 is 2.00 bits per heavy atom. The zero-order chi connectivity index (χ0) is 20.6. The Morgan fingerprint density at radius 3 is 2.57 bits per heavy atom. The SMILES string of the molecule is CN=C(NCC1CCCN(C(=O)OC(C)(C)C)C1)NCC1(CCOC)CCC1. The van der Waals surface area contributed by atoms with Crippen LogP contribution in [0.25, 0.3) is 0 Å². The number of guanidine groups is 1. The number of hydrogen-bond acceptors (Lipinski definition) is 4. The van der Waals surface area contributed by atoms with Crippen molar-refractivity contribution in [3.8, 4) is 0 Å². The highest BCUT2D eigenvalue weighted by Crippen LogP contribution is 2.43. The summed E-state index contributed by atoms with van der Waals surface area (Å²) in [7, 11) is 3.58. The number of ether oxygens (including phenoxy) is 2. The number of hydrogen-bond donors (Lipinski definition) is 2. The molecule has 2 N–H and O–H groups in total. The van der Waals surface area contributed by atoms with Gasteiger partial charge in [0.05, 0.1) is 0 Å². The van der Waals surface area contributed by atoms with Crippen LogP contribution in [0, 0.1) is 11.3 Å². The molecule has 7 heteroatoms. The van der Waals surface area contributed by atoms with Crippen LogP contribution in [-0.4, -0.2) is 69.5 Å². The Balaban J connectivity index is 1.75. The minimum Gasteiger partial charge on any atom is -0.444 e. The van der Waals surface area contributed by atoms with Crippen LogP contribution >= 0.6 is 0 Å². The quantitative estimate of drug-likeness (QED) is 0.511. The second-order valence-electron chi connectivity index (χ2n) is 9.34. The van der Waals surface area contributed by atoms with Crippen molar-refractivity contribution in [1.82, 2.24) is 15.5 Å². The normalized spacial score (nSPS) is 22.4. The van der Waals surface area contributed by atoms with Crippen LogP contribution in [0.5, 0.6) is 0 Å². The molecule has 1 heterocycles. The Kier molecular flexibility index (Phi) is 8.40. The van der Waals surface area contributed by atoms with Crippen molar-refractivity contribution in [3.05, 3.63) is 0 Å². The van der Waals surface area contributed by atoms with Gasteiger partial charge in [0, 0.05) is 46.9 Å². The summed E-state index contributed by atoms with van der Waals surface area (Å²) in [5.74, 6) is 1.25. The van der Waals surface area contributed by atoms with E-state index in [0.29, 0.717) is 11.3 Å². The van der Waals surface area contributed by atoms with E-state index >= 15 is 0 Å². The molecule has 0 aromatic carbocycles. The molecule has 0 bridgehead atoms. The molecule has 28 heavy (non-hydrogen) atoms. The minimum atomic E-state index is -0.450. The lowest BCUT2D eigenvalue weighted by molar-refractivity contribution is 0.0168. The van der Waals surface area contributed by atoms with Gasteiger partial charge in [0.15, 0.2) is 5.96 Å². The molecule has 2 fully saturated rings. The van der Waals surface area contributed by atoms with E-state index in [1.807, 2.05) is 32.7 Å². The molecular formula is C21H40N4O3. The average molecular weight is 397 g/mol. The van der Waals surface area contributed by atoms with Gasteiger partial charge in [-0.15, -0.1) is 0 Å². The molecule has 1 saturated heterocycles. The molecule has 1 saturated carbocycles. The third-order valence-electron chi connectivity index (χ3n) is 5.83. The van der Waals surface area contributed by atoms with Crippen molar-refractivity contribution < 1.29 is 14.3 Å². The lowest BCUT2D eigenvalue weighted by Crippen LogP contribution is -2.49. The zero-order valence-electron chi connectivity index (χ0n) is 18.5. The van der Waals surface area contributed by atoms with E-state index in [-0.39, 0.29) is 6.09 Å². The van der Waals surface area contributed by atoms with Crippen LogP contribution in [0.3, 0.4) is 0 Å². The summed E-state index contributed by atoms with van der Waals surface area (Å²) in [5.41, 5.74) is -0.0967. The van der Waals surface area contributed by atoms with E-state index in [0.717, 1.165) is 58.0 Å². The molecular weight excluding hydrogens is 356 g/mol. The van der Waals surface area contributed by atoms with Gasteiger partial charge < -0.3 is 25.0 Å². The Hall–Kier alpha value is -1.50. The maximum absolute atomic E-state index is 12.3. The van der Waals surface area contributed by atoms with Gasteiger partial charge in [-0.25, -0.2) is 4.79 Å². The fourth-order valence-electron chi connectivity index (χ4n) is 3.97. The third kappa shape index (κ3) is 7.15. The van der Waals surface area contributed by atoms with Gasteiger partial charge in [-0.05, 0) is 64.2 Å². The number of carbonyl (C=O) groups is 1. The topological polar surface area (TPSA) is 75.2 Å². The average Bonchev–Trinajstić information content (AvgIpc) is 2.61. The number of carbonyl (C=O) groups excluding carboxylic acids is 1. The van der Waals surface area contributed by atoms with E-state index in [1.54, 1.807) is 7.11 Å². The van der Waals surface area contributed by atoms with Crippen LogP contribution < -0.4 is 10.6 Å². The number of methoxy groups -OCH3 is 1. The number of aliphatic imine (C=N–C) groups is 1. The smallest absolute Gasteiger partial charge is 0.410 e. The Bertz CT molecular complexity index is 526. The number of piperidine rings is 1. The molecule has 1 amide bonds. The molecule has 7 nitrogen and oxygen atoms in total. The molecule has 1 aliphatic heterocycles. The van der Waals surface area contributed by atoms with Crippen molar-refractivity contribution in [1.29, 1.82) is 0 Å². The summed E-state index contributed by atoms with van der Waals surface area (Å²) in [6.07, 6.45) is 6.84. The van der Waals surface area contributed by atoms with E-state index in [4.69, 9.17) is 9.47 Å². The van der Waals surface area contributed by atoms with Gasteiger partial charge in [0.2, 0.25) is 0 Å². The van der Waals surface area contributed by atoms with Crippen molar-refractivity contribution in [2.45, 2.75) is 64.9 Å². The molecule has 0 aromatic rings. The molecule has 0 spiro atoms. The highest BCUT2D eigenvalue weighted by molar-refractivity contribution is 5.79. The summed E-state index contributed by atoms with van der Waals surface area (Å²) in [6.45, 7) is 9.79. The zero-order valence-corrected chi connectivity index (χ0v) is 18.5. The monoisotopic (exact) mass is 396 g/mol. The number of nitrogens with one attached hydrogen (secondary N) is 2. The molecule has 0 radical (unpaired) electrons. The number of rotatable bonds is 7. The molecule has 1 unspecified atom stereocenters. The van der Waals surface area contributed by atoms with E-state index in [1.165, 1.54) is 19.3 Å². The summed E-state index contributed by atoms with van der Waals surface area (Å²) >= 11 is 0. The standard InChI is InChI=1S/C21H40N4O3/c1-20(2,3)28-19(26)25-12-6-8-17(15-25)14-23-18(22-4)24-16-21(9-7-10-21)11-13-27-5/h17H,6-16H2,1-5H3,(H2,22,23,24). The van der Waals surface area contributed by atoms with Gasteiger partial charge in [0.1, 0.15) is 5.60 Å². The first kappa shape index (κ1) is 22.8.